The van der Waals surface area contributed by atoms with Crippen molar-refractivity contribution in [3.8, 4) is 0 Å². The van der Waals surface area contributed by atoms with Crippen molar-refractivity contribution in [3.63, 3.8) is 0 Å². The zero-order chi connectivity index (χ0) is 23.2. The SMILES string of the molecule is Cc1cc(C(F)(F)F)cc(N2C(=O)C(O)C(O)C2C(=O)N(C)c2ccc(F)c(C)c2)n1. The first-order valence-electron chi connectivity index (χ1n) is 9.11. The van der Waals surface area contributed by atoms with Gasteiger partial charge in [0.05, 0.1) is 5.56 Å². The van der Waals surface area contributed by atoms with E-state index in [4.69, 9.17) is 0 Å². The smallest absolute Gasteiger partial charge is 0.387 e. The summed E-state index contributed by atoms with van der Waals surface area (Å²) in [5.74, 6) is -3.11. The van der Waals surface area contributed by atoms with Crippen molar-refractivity contribution < 1.29 is 37.4 Å². The number of halogens is 4. The summed E-state index contributed by atoms with van der Waals surface area (Å²) in [4.78, 5) is 31.1. The number of alkyl halides is 3. The van der Waals surface area contributed by atoms with Gasteiger partial charge in [-0.05, 0) is 49.7 Å². The van der Waals surface area contributed by atoms with Crippen LogP contribution in [0.1, 0.15) is 16.8 Å². The molecule has 1 fully saturated rings. The van der Waals surface area contributed by atoms with Crippen molar-refractivity contribution in [2.24, 2.45) is 0 Å². The molecular weight excluding hydrogens is 422 g/mol. The number of aliphatic hydroxyl groups excluding tert-OH is 2. The monoisotopic (exact) mass is 441 g/mol. The first kappa shape index (κ1) is 22.6. The molecule has 1 aliphatic rings. The first-order valence-corrected chi connectivity index (χ1v) is 9.11. The molecule has 2 N–H and O–H groups in total. The fourth-order valence-electron chi connectivity index (χ4n) is 3.36. The van der Waals surface area contributed by atoms with Gasteiger partial charge < -0.3 is 15.1 Å². The van der Waals surface area contributed by atoms with Gasteiger partial charge in [-0.1, -0.05) is 0 Å². The van der Waals surface area contributed by atoms with E-state index in [1.165, 1.54) is 33.0 Å². The first-order chi connectivity index (χ1) is 14.3. The molecule has 2 aromatic rings. The summed E-state index contributed by atoms with van der Waals surface area (Å²) in [7, 11) is 1.29. The average Bonchev–Trinajstić information content (AvgIpc) is 2.91. The highest BCUT2D eigenvalue weighted by molar-refractivity contribution is 6.10. The van der Waals surface area contributed by atoms with Crippen LogP contribution in [0.2, 0.25) is 0 Å². The lowest BCUT2D eigenvalue weighted by molar-refractivity contribution is -0.137. The van der Waals surface area contributed by atoms with Crippen LogP contribution in [0.15, 0.2) is 30.3 Å². The molecule has 1 aliphatic heterocycles. The van der Waals surface area contributed by atoms with Crippen LogP contribution in [-0.2, 0) is 15.8 Å². The summed E-state index contributed by atoms with van der Waals surface area (Å²) >= 11 is 0. The number of aliphatic hydroxyl groups is 2. The Morgan fingerprint density at radius 3 is 2.39 bits per heavy atom. The van der Waals surface area contributed by atoms with Gasteiger partial charge >= 0.3 is 6.18 Å². The fraction of sp³-hybridized carbons (Fsp3) is 0.350. The highest BCUT2D eigenvalue weighted by Crippen LogP contribution is 2.35. The Labute approximate surface area is 174 Å². The maximum absolute atomic E-state index is 13.6. The number of rotatable bonds is 3. The number of anilines is 2. The second-order valence-corrected chi connectivity index (χ2v) is 7.27. The molecule has 3 rings (SSSR count). The molecule has 0 aliphatic carbocycles. The van der Waals surface area contributed by atoms with Crippen LogP contribution in [0.25, 0.3) is 0 Å². The molecule has 1 saturated heterocycles. The summed E-state index contributed by atoms with van der Waals surface area (Å²) in [6, 6.07) is 3.35. The highest BCUT2D eigenvalue weighted by atomic mass is 19.4. The average molecular weight is 441 g/mol. The highest BCUT2D eigenvalue weighted by Gasteiger charge is 2.52. The van der Waals surface area contributed by atoms with Crippen molar-refractivity contribution in [2.75, 3.05) is 16.8 Å². The van der Waals surface area contributed by atoms with Gasteiger partial charge in [-0.3, -0.25) is 14.5 Å². The standard InChI is InChI=1S/C20H19F4N3O4/c1-9-6-12(4-5-13(9)21)26(3)18(30)15-16(28)17(29)19(31)27(15)14-8-11(20(22,23)24)7-10(2)25-14/h4-8,15-17,28-29H,1-3H3. The minimum Gasteiger partial charge on any atom is -0.387 e. The van der Waals surface area contributed by atoms with Crippen LogP contribution in [-0.4, -0.2) is 52.3 Å². The molecular formula is C20H19F4N3O4. The molecule has 0 saturated carbocycles. The van der Waals surface area contributed by atoms with Crippen molar-refractivity contribution in [2.45, 2.75) is 38.3 Å². The third kappa shape index (κ3) is 4.10. The number of hydrogen-bond acceptors (Lipinski definition) is 5. The van der Waals surface area contributed by atoms with Crippen molar-refractivity contribution in [3.05, 3.63) is 53.0 Å². The molecule has 166 valence electrons. The fourth-order valence-corrected chi connectivity index (χ4v) is 3.36. The molecule has 0 bridgehead atoms. The van der Waals surface area contributed by atoms with Crippen LogP contribution in [0.3, 0.4) is 0 Å². The number of aryl methyl sites for hydroxylation is 2. The third-order valence-corrected chi connectivity index (χ3v) is 5.04. The molecule has 3 unspecified atom stereocenters. The molecule has 31 heavy (non-hydrogen) atoms. The van der Waals surface area contributed by atoms with Crippen LogP contribution in [0.4, 0.5) is 29.1 Å². The molecule has 1 aromatic carbocycles. The van der Waals surface area contributed by atoms with Gasteiger partial charge in [0, 0.05) is 18.4 Å². The maximum atomic E-state index is 13.6. The molecule has 3 atom stereocenters. The Bertz CT molecular complexity index is 1040. The second-order valence-electron chi connectivity index (χ2n) is 7.27. The molecule has 2 amide bonds. The number of pyridine rings is 1. The molecule has 11 heteroatoms. The van der Waals surface area contributed by atoms with E-state index < -0.39 is 53.4 Å². The number of nitrogens with zero attached hydrogens (tertiary/aromatic N) is 3. The lowest BCUT2D eigenvalue weighted by atomic mass is 10.1. The van der Waals surface area contributed by atoms with Crippen molar-refractivity contribution in [1.82, 2.24) is 4.98 Å². The predicted molar refractivity (Wildman–Crippen MR) is 102 cm³/mol. The summed E-state index contributed by atoms with van der Waals surface area (Å²) < 4.78 is 53.2. The van der Waals surface area contributed by atoms with Gasteiger partial charge in [0.15, 0.2) is 6.10 Å². The summed E-state index contributed by atoms with van der Waals surface area (Å²) in [6.07, 6.45) is -8.70. The van der Waals surface area contributed by atoms with Gasteiger partial charge in [0.25, 0.3) is 11.8 Å². The van der Waals surface area contributed by atoms with Crippen LogP contribution < -0.4 is 9.80 Å². The van der Waals surface area contributed by atoms with E-state index in [-0.39, 0.29) is 16.9 Å². The van der Waals surface area contributed by atoms with Gasteiger partial charge in [-0.15, -0.1) is 0 Å². The number of likely N-dealkylation sites (N-methyl/N-ethyl adjacent to an activating group) is 1. The largest absolute Gasteiger partial charge is 0.416 e. The quantitative estimate of drug-likeness (QED) is 0.711. The number of carbonyl (C=O) groups is 2. The van der Waals surface area contributed by atoms with Crippen LogP contribution in [0, 0.1) is 19.7 Å². The van der Waals surface area contributed by atoms with E-state index in [1.54, 1.807) is 0 Å². The number of aromatic nitrogens is 1. The molecule has 1 aromatic heterocycles. The lowest BCUT2D eigenvalue weighted by Gasteiger charge is -2.29. The summed E-state index contributed by atoms with van der Waals surface area (Å²) in [6.45, 7) is 2.74. The number of amides is 2. The molecule has 2 heterocycles. The zero-order valence-electron chi connectivity index (χ0n) is 16.7. The zero-order valence-corrected chi connectivity index (χ0v) is 16.7. The van der Waals surface area contributed by atoms with Crippen LogP contribution in [0.5, 0.6) is 0 Å². The van der Waals surface area contributed by atoms with Crippen LogP contribution >= 0.6 is 0 Å². The van der Waals surface area contributed by atoms with E-state index in [0.29, 0.717) is 11.0 Å². The lowest BCUT2D eigenvalue weighted by Crippen LogP contribution is -2.50. The molecule has 0 radical (unpaired) electrons. The van der Waals surface area contributed by atoms with Gasteiger partial charge in [0.2, 0.25) is 0 Å². The molecule has 7 nitrogen and oxygen atoms in total. The van der Waals surface area contributed by atoms with E-state index in [2.05, 4.69) is 4.98 Å². The summed E-state index contributed by atoms with van der Waals surface area (Å²) in [5.41, 5.74) is -0.736. The van der Waals surface area contributed by atoms with Crippen molar-refractivity contribution in [1.29, 1.82) is 0 Å². The van der Waals surface area contributed by atoms with E-state index in [1.807, 2.05) is 0 Å². The van der Waals surface area contributed by atoms with E-state index >= 15 is 0 Å². The topological polar surface area (TPSA) is 94.0 Å². The number of carbonyl (C=O) groups excluding carboxylic acids is 2. The van der Waals surface area contributed by atoms with Crippen molar-refractivity contribution >= 4 is 23.3 Å². The van der Waals surface area contributed by atoms with Gasteiger partial charge in [-0.2, -0.15) is 13.2 Å². The predicted octanol–water partition coefficient (Wildman–Crippen LogP) is 1.96. The van der Waals surface area contributed by atoms with E-state index in [9.17, 15) is 37.4 Å². The Kier molecular flexibility index (Phi) is 5.76. The van der Waals surface area contributed by atoms with Gasteiger partial charge in [0.1, 0.15) is 23.8 Å². The Balaban J connectivity index is 2.05. The number of benzene rings is 1. The maximum Gasteiger partial charge on any atom is 0.416 e. The normalized spacial score (nSPS) is 21.5. The van der Waals surface area contributed by atoms with E-state index in [0.717, 1.165) is 17.0 Å². The summed E-state index contributed by atoms with van der Waals surface area (Å²) in [5, 5.41) is 20.4. The van der Waals surface area contributed by atoms with Gasteiger partial charge in [-0.25, -0.2) is 9.37 Å². The second kappa shape index (κ2) is 7.89. The Morgan fingerprint density at radius 1 is 1.16 bits per heavy atom. The third-order valence-electron chi connectivity index (χ3n) is 5.04. The molecule has 0 spiro atoms. The number of hydrogen-bond donors (Lipinski definition) is 2. The Hall–Kier alpha value is -3.05. The minimum atomic E-state index is -4.75. The minimum absolute atomic E-state index is 0.0813. The Morgan fingerprint density at radius 2 is 1.81 bits per heavy atom.